The molecule has 5 rings (SSSR count). The molecule has 0 saturated heterocycles. The number of benzene rings is 3. The number of hydrogen-bond donors (Lipinski definition) is 1. The normalized spacial score (nSPS) is 15.5. The standard InChI is InChI=1S/C27H25N3O/c1-18(2)20-13-15-22(16-14-20)26-23-24(21-11-7-4-8-12-21)28-29-25(23)27(31)30(26)17-19-9-5-3-6-10-19/h3-16,18,26H,17H2,1-2H3,(H,28,29). The Morgan fingerprint density at radius 3 is 2.19 bits per heavy atom. The fraction of sp³-hybridized carbons (Fsp3) is 0.185. The van der Waals surface area contributed by atoms with E-state index in [-0.39, 0.29) is 11.9 Å². The van der Waals surface area contributed by atoms with Gasteiger partial charge in [0.05, 0.1) is 11.7 Å². The highest BCUT2D eigenvalue weighted by atomic mass is 16.2. The van der Waals surface area contributed by atoms with Crippen molar-refractivity contribution in [2.45, 2.75) is 32.4 Å². The monoisotopic (exact) mass is 407 g/mol. The zero-order valence-corrected chi connectivity index (χ0v) is 17.7. The quantitative estimate of drug-likeness (QED) is 0.445. The summed E-state index contributed by atoms with van der Waals surface area (Å²) in [6.45, 7) is 4.93. The average molecular weight is 408 g/mol. The van der Waals surface area contributed by atoms with Crippen molar-refractivity contribution in [2.75, 3.05) is 0 Å². The van der Waals surface area contributed by atoms with E-state index in [0.29, 0.717) is 18.2 Å². The molecule has 3 aromatic carbocycles. The second-order valence-corrected chi connectivity index (χ2v) is 8.37. The molecule has 1 aliphatic rings. The Balaban J connectivity index is 1.63. The van der Waals surface area contributed by atoms with E-state index in [1.54, 1.807) is 0 Å². The van der Waals surface area contributed by atoms with E-state index in [0.717, 1.165) is 27.9 Å². The van der Waals surface area contributed by atoms with E-state index in [2.05, 4.69) is 60.4 Å². The lowest BCUT2D eigenvalue weighted by atomic mass is 9.93. The van der Waals surface area contributed by atoms with Crippen molar-refractivity contribution in [3.8, 4) is 11.3 Å². The third-order valence-corrected chi connectivity index (χ3v) is 6.03. The van der Waals surface area contributed by atoms with E-state index >= 15 is 0 Å². The highest BCUT2D eigenvalue weighted by molar-refractivity contribution is 6.00. The van der Waals surface area contributed by atoms with Crippen molar-refractivity contribution in [3.05, 3.63) is 113 Å². The van der Waals surface area contributed by atoms with Gasteiger partial charge in [-0.25, -0.2) is 0 Å². The van der Waals surface area contributed by atoms with E-state index in [1.807, 2.05) is 53.4 Å². The van der Waals surface area contributed by atoms with Gasteiger partial charge < -0.3 is 4.90 Å². The Bertz CT molecular complexity index is 1190. The minimum Gasteiger partial charge on any atom is -0.322 e. The summed E-state index contributed by atoms with van der Waals surface area (Å²) in [6, 6.07) is 28.7. The fourth-order valence-electron chi connectivity index (χ4n) is 4.37. The minimum atomic E-state index is -0.183. The predicted molar refractivity (Wildman–Crippen MR) is 123 cm³/mol. The van der Waals surface area contributed by atoms with Crippen LogP contribution in [0.25, 0.3) is 11.3 Å². The summed E-state index contributed by atoms with van der Waals surface area (Å²) in [5.41, 5.74) is 6.91. The van der Waals surface area contributed by atoms with Crippen LogP contribution in [0.15, 0.2) is 84.9 Å². The van der Waals surface area contributed by atoms with Gasteiger partial charge in [0.1, 0.15) is 5.69 Å². The third kappa shape index (κ3) is 3.44. The van der Waals surface area contributed by atoms with Crippen molar-refractivity contribution >= 4 is 5.91 Å². The lowest BCUT2D eigenvalue weighted by Crippen LogP contribution is -2.29. The number of aromatic amines is 1. The largest absolute Gasteiger partial charge is 0.322 e. The molecule has 0 bridgehead atoms. The van der Waals surface area contributed by atoms with Crippen LogP contribution >= 0.6 is 0 Å². The molecule has 4 aromatic rings. The van der Waals surface area contributed by atoms with Gasteiger partial charge in [-0.15, -0.1) is 0 Å². The molecule has 4 nitrogen and oxygen atoms in total. The molecule has 1 N–H and O–H groups in total. The van der Waals surface area contributed by atoms with Crippen LogP contribution < -0.4 is 0 Å². The second-order valence-electron chi connectivity index (χ2n) is 8.37. The SMILES string of the molecule is CC(C)c1ccc(C2c3c(-c4ccccc4)n[nH]c3C(=O)N2Cc2ccccc2)cc1. The Hall–Kier alpha value is -3.66. The topological polar surface area (TPSA) is 49.0 Å². The number of H-pyrrole nitrogens is 1. The number of carbonyl (C=O) groups is 1. The molecule has 4 heteroatoms. The number of carbonyl (C=O) groups excluding carboxylic acids is 1. The zero-order valence-electron chi connectivity index (χ0n) is 17.7. The Morgan fingerprint density at radius 2 is 1.55 bits per heavy atom. The molecule has 1 aliphatic heterocycles. The average Bonchev–Trinajstić information content (AvgIpc) is 3.35. The van der Waals surface area contributed by atoms with Gasteiger partial charge in [0.2, 0.25) is 0 Å². The first-order chi connectivity index (χ1) is 15.1. The smallest absolute Gasteiger partial charge is 0.273 e. The van der Waals surface area contributed by atoms with Crippen LogP contribution in [0, 0.1) is 0 Å². The number of fused-ring (bicyclic) bond motifs is 1. The molecule has 0 saturated carbocycles. The maximum atomic E-state index is 13.5. The molecule has 0 radical (unpaired) electrons. The van der Waals surface area contributed by atoms with Crippen molar-refractivity contribution in [1.82, 2.24) is 15.1 Å². The summed E-state index contributed by atoms with van der Waals surface area (Å²) >= 11 is 0. The molecular formula is C27H25N3O. The first kappa shape index (κ1) is 19.3. The van der Waals surface area contributed by atoms with Crippen molar-refractivity contribution in [3.63, 3.8) is 0 Å². The van der Waals surface area contributed by atoms with Crippen LogP contribution in [0.4, 0.5) is 0 Å². The number of rotatable bonds is 5. The highest BCUT2D eigenvalue weighted by Gasteiger charge is 2.42. The highest BCUT2D eigenvalue weighted by Crippen LogP contribution is 2.43. The van der Waals surface area contributed by atoms with Crippen LogP contribution in [0.1, 0.15) is 58.5 Å². The minimum absolute atomic E-state index is 0.00790. The summed E-state index contributed by atoms with van der Waals surface area (Å²) < 4.78 is 0. The summed E-state index contributed by atoms with van der Waals surface area (Å²) in [6.07, 6.45) is 0. The van der Waals surface area contributed by atoms with E-state index < -0.39 is 0 Å². The van der Waals surface area contributed by atoms with Gasteiger partial charge in [0, 0.05) is 17.7 Å². The van der Waals surface area contributed by atoms with Crippen molar-refractivity contribution in [1.29, 1.82) is 0 Å². The van der Waals surface area contributed by atoms with Crippen molar-refractivity contribution in [2.24, 2.45) is 0 Å². The summed E-state index contributed by atoms with van der Waals surface area (Å²) in [7, 11) is 0. The van der Waals surface area contributed by atoms with Gasteiger partial charge >= 0.3 is 0 Å². The fourth-order valence-corrected chi connectivity index (χ4v) is 4.37. The lowest BCUT2D eigenvalue weighted by Gasteiger charge is -2.27. The molecule has 154 valence electrons. The predicted octanol–water partition coefficient (Wildman–Crippen LogP) is 5.95. The van der Waals surface area contributed by atoms with Crippen LogP contribution in [-0.4, -0.2) is 21.0 Å². The number of nitrogens with one attached hydrogen (secondary N) is 1. The molecule has 1 aromatic heterocycles. The second kappa shape index (κ2) is 7.88. The van der Waals surface area contributed by atoms with Gasteiger partial charge in [-0.05, 0) is 22.6 Å². The number of hydrogen-bond acceptors (Lipinski definition) is 2. The third-order valence-electron chi connectivity index (χ3n) is 6.03. The number of nitrogens with zero attached hydrogens (tertiary/aromatic N) is 2. The molecule has 2 heterocycles. The molecule has 1 atom stereocenters. The van der Waals surface area contributed by atoms with Crippen LogP contribution in [0.3, 0.4) is 0 Å². The van der Waals surface area contributed by atoms with Crippen molar-refractivity contribution < 1.29 is 4.79 Å². The molecule has 0 fully saturated rings. The molecule has 0 spiro atoms. The number of amides is 1. The maximum Gasteiger partial charge on any atom is 0.273 e. The van der Waals surface area contributed by atoms with Gasteiger partial charge in [-0.3, -0.25) is 9.89 Å². The Labute approximate surface area is 182 Å². The summed E-state index contributed by atoms with van der Waals surface area (Å²) in [5.74, 6) is 0.454. The lowest BCUT2D eigenvalue weighted by molar-refractivity contribution is 0.0730. The van der Waals surface area contributed by atoms with Gasteiger partial charge in [-0.2, -0.15) is 5.10 Å². The molecule has 1 amide bonds. The Kier molecular flexibility index (Phi) is 4.91. The zero-order chi connectivity index (χ0) is 21.4. The van der Waals surface area contributed by atoms with Crippen LogP contribution in [0.5, 0.6) is 0 Å². The van der Waals surface area contributed by atoms with Gasteiger partial charge in [0.25, 0.3) is 5.91 Å². The molecule has 31 heavy (non-hydrogen) atoms. The van der Waals surface area contributed by atoms with E-state index in [9.17, 15) is 4.79 Å². The van der Waals surface area contributed by atoms with E-state index in [4.69, 9.17) is 0 Å². The number of aromatic nitrogens is 2. The summed E-state index contributed by atoms with van der Waals surface area (Å²) in [4.78, 5) is 15.4. The summed E-state index contributed by atoms with van der Waals surface area (Å²) in [5, 5.41) is 7.59. The first-order valence-electron chi connectivity index (χ1n) is 10.7. The first-order valence-corrected chi connectivity index (χ1v) is 10.7. The Morgan fingerprint density at radius 1 is 0.903 bits per heavy atom. The van der Waals surface area contributed by atoms with Crippen LogP contribution in [0.2, 0.25) is 0 Å². The maximum absolute atomic E-state index is 13.5. The van der Waals surface area contributed by atoms with E-state index in [1.165, 1.54) is 5.56 Å². The molecule has 1 unspecified atom stereocenters. The van der Waals surface area contributed by atoms with Gasteiger partial charge in [0.15, 0.2) is 0 Å². The van der Waals surface area contributed by atoms with Crippen LogP contribution in [-0.2, 0) is 6.54 Å². The van der Waals surface area contributed by atoms with Gasteiger partial charge in [-0.1, -0.05) is 98.8 Å². The molecule has 0 aliphatic carbocycles. The molecular weight excluding hydrogens is 382 g/mol.